The van der Waals surface area contributed by atoms with Gasteiger partial charge < -0.3 is 10.2 Å². The van der Waals surface area contributed by atoms with Crippen molar-refractivity contribution < 1.29 is 9.59 Å². The molecule has 3 rings (SSSR count). The van der Waals surface area contributed by atoms with Crippen LogP contribution in [0.3, 0.4) is 0 Å². The minimum atomic E-state index is 0.0802. The number of hydrogen-bond acceptors (Lipinski definition) is 4. The topological polar surface area (TPSA) is 62.3 Å². The smallest absolute Gasteiger partial charge is 0.222 e. The van der Waals surface area contributed by atoms with Crippen molar-refractivity contribution in [3.63, 3.8) is 0 Å². The van der Waals surface area contributed by atoms with Gasteiger partial charge in [-0.15, -0.1) is 11.3 Å². The second-order valence-corrected chi connectivity index (χ2v) is 7.94. The van der Waals surface area contributed by atoms with Crippen LogP contribution in [0.2, 0.25) is 0 Å². The van der Waals surface area contributed by atoms with Crippen molar-refractivity contribution in [3.05, 3.63) is 29.3 Å². The first-order valence-corrected chi connectivity index (χ1v) is 10.4. The van der Waals surface area contributed by atoms with Crippen molar-refractivity contribution >= 4 is 33.4 Å². The Labute approximate surface area is 158 Å². The number of rotatable bonds is 8. The Morgan fingerprint density at radius 3 is 2.96 bits per heavy atom. The molecule has 1 aromatic heterocycles. The normalized spacial score (nSPS) is 15.2. The molecule has 1 aliphatic heterocycles. The summed E-state index contributed by atoms with van der Waals surface area (Å²) in [6, 6.07) is 8.18. The van der Waals surface area contributed by atoms with E-state index in [1.165, 1.54) is 4.70 Å². The molecule has 2 aromatic rings. The molecule has 0 radical (unpaired) electrons. The Kier molecular flexibility index (Phi) is 7.00. The van der Waals surface area contributed by atoms with Crippen LogP contribution in [0.4, 0.5) is 0 Å². The lowest BCUT2D eigenvalue weighted by molar-refractivity contribution is -0.131. The van der Waals surface area contributed by atoms with E-state index in [0.717, 1.165) is 55.6 Å². The van der Waals surface area contributed by atoms with Crippen LogP contribution in [0.5, 0.6) is 0 Å². The number of aromatic nitrogens is 1. The fraction of sp³-hybridized carbons (Fsp3) is 0.550. The van der Waals surface area contributed by atoms with Gasteiger partial charge in [0.25, 0.3) is 0 Å². The van der Waals surface area contributed by atoms with Gasteiger partial charge in [0.1, 0.15) is 0 Å². The summed E-state index contributed by atoms with van der Waals surface area (Å²) in [5.41, 5.74) is 1.06. The van der Waals surface area contributed by atoms with E-state index in [1.807, 2.05) is 23.1 Å². The maximum Gasteiger partial charge on any atom is 0.222 e. The number of carbonyl (C=O) groups is 2. The van der Waals surface area contributed by atoms with Gasteiger partial charge in [0, 0.05) is 32.5 Å². The molecule has 5 nitrogen and oxygen atoms in total. The summed E-state index contributed by atoms with van der Waals surface area (Å²) >= 11 is 1.74. The third-order valence-corrected chi connectivity index (χ3v) is 5.85. The molecule has 1 N–H and O–H groups in total. The molecule has 2 heterocycles. The van der Waals surface area contributed by atoms with Crippen LogP contribution in [0.25, 0.3) is 10.2 Å². The van der Waals surface area contributed by atoms with E-state index < -0.39 is 0 Å². The van der Waals surface area contributed by atoms with Crippen LogP contribution in [-0.4, -0.2) is 41.3 Å². The Morgan fingerprint density at radius 2 is 2.08 bits per heavy atom. The van der Waals surface area contributed by atoms with Crippen LogP contribution in [0, 0.1) is 0 Å². The number of likely N-dealkylation sites (tertiary alicyclic amines) is 1. The third kappa shape index (κ3) is 5.53. The lowest BCUT2D eigenvalue weighted by Gasteiger charge is -2.20. The average Bonchev–Trinajstić information content (AvgIpc) is 2.95. The molecule has 0 bridgehead atoms. The lowest BCUT2D eigenvalue weighted by atomic mass is 10.2. The highest BCUT2D eigenvalue weighted by Crippen LogP contribution is 2.22. The highest BCUT2D eigenvalue weighted by Gasteiger charge is 2.16. The molecular weight excluding hydrogens is 346 g/mol. The van der Waals surface area contributed by atoms with Crippen molar-refractivity contribution in [1.29, 1.82) is 0 Å². The van der Waals surface area contributed by atoms with Crippen molar-refractivity contribution in [2.45, 2.75) is 51.4 Å². The molecule has 1 aliphatic rings. The Hall–Kier alpha value is -1.95. The molecular formula is C20H27N3O2S. The summed E-state index contributed by atoms with van der Waals surface area (Å²) in [7, 11) is 0. The monoisotopic (exact) mass is 373 g/mol. The van der Waals surface area contributed by atoms with Gasteiger partial charge in [-0.25, -0.2) is 4.98 Å². The number of unbranched alkanes of at least 4 members (excludes halogenated alkanes) is 1. The first-order valence-electron chi connectivity index (χ1n) is 9.61. The summed E-state index contributed by atoms with van der Waals surface area (Å²) in [4.78, 5) is 30.4. The molecule has 0 atom stereocenters. The molecule has 1 saturated heterocycles. The van der Waals surface area contributed by atoms with E-state index in [1.54, 1.807) is 11.3 Å². The van der Waals surface area contributed by atoms with Crippen LogP contribution >= 0.6 is 11.3 Å². The van der Waals surface area contributed by atoms with Gasteiger partial charge in [-0.2, -0.15) is 0 Å². The molecule has 0 spiro atoms. The second kappa shape index (κ2) is 9.67. The maximum absolute atomic E-state index is 12.0. The van der Waals surface area contributed by atoms with Crippen LogP contribution < -0.4 is 5.32 Å². The van der Waals surface area contributed by atoms with E-state index in [-0.39, 0.29) is 11.8 Å². The highest BCUT2D eigenvalue weighted by molar-refractivity contribution is 7.18. The van der Waals surface area contributed by atoms with E-state index in [2.05, 4.69) is 16.4 Å². The van der Waals surface area contributed by atoms with Gasteiger partial charge in [-0.1, -0.05) is 18.6 Å². The first kappa shape index (κ1) is 18.8. The van der Waals surface area contributed by atoms with Gasteiger partial charge in [0.15, 0.2) is 0 Å². The van der Waals surface area contributed by atoms with Crippen molar-refractivity contribution in [2.24, 2.45) is 0 Å². The number of hydrogen-bond donors (Lipinski definition) is 1. The number of nitrogens with zero attached hydrogens (tertiary/aromatic N) is 2. The number of fused-ring (bicyclic) bond motifs is 1. The lowest BCUT2D eigenvalue weighted by Crippen LogP contribution is -2.38. The number of para-hydroxylation sites is 1. The van der Waals surface area contributed by atoms with Gasteiger partial charge in [-0.05, 0) is 44.2 Å². The zero-order chi connectivity index (χ0) is 18.2. The number of thiazole rings is 1. The molecule has 6 heteroatoms. The second-order valence-electron chi connectivity index (χ2n) is 6.82. The number of amides is 2. The van der Waals surface area contributed by atoms with E-state index in [4.69, 9.17) is 0 Å². The molecule has 1 fully saturated rings. The maximum atomic E-state index is 12.0. The zero-order valence-electron chi connectivity index (χ0n) is 15.2. The van der Waals surface area contributed by atoms with Gasteiger partial charge in [0.2, 0.25) is 11.8 Å². The molecule has 1 aromatic carbocycles. The van der Waals surface area contributed by atoms with Crippen LogP contribution in [-0.2, 0) is 16.0 Å². The van der Waals surface area contributed by atoms with Gasteiger partial charge >= 0.3 is 0 Å². The fourth-order valence-corrected chi connectivity index (χ4v) is 4.29. The number of nitrogens with one attached hydrogen (secondary N) is 1. The van der Waals surface area contributed by atoms with Gasteiger partial charge in [0.05, 0.1) is 15.2 Å². The summed E-state index contributed by atoms with van der Waals surface area (Å²) in [6.45, 7) is 2.02. The predicted octanol–water partition coefficient (Wildman–Crippen LogP) is 3.53. The SMILES string of the molecule is O=C(CCCCc1nc2ccccc2s1)NCCN1CCCCCC1=O. The predicted molar refractivity (Wildman–Crippen MR) is 105 cm³/mol. The summed E-state index contributed by atoms with van der Waals surface area (Å²) < 4.78 is 1.23. The zero-order valence-corrected chi connectivity index (χ0v) is 16.0. The first-order chi connectivity index (χ1) is 12.7. The summed E-state index contributed by atoms with van der Waals surface area (Å²) in [5.74, 6) is 0.309. The minimum absolute atomic E-state index is 0.0802. The molecule has 0 aliphatic carbocycles. The van der Waals surface area contributed by atoms with Gasteiger partial charge in [-0.3, -0.25) is 9.59 Å². The van der Waals surface area contributed by atoms with Crippen molar-refractivity contribution in [1.82, 2.24) is 15.2 Å². The highest BCUT2D eigenvalue weighted by atomic mass is 32.1. The third-order valence-electron chi connectivity index (χ3n) is 4.76. The quantitative estimate of drug-likeness (QED) is 0.720. The van der Waals surface area contributed by atoms with E-state index in [0.29, 0.717) is 25.9 Å². The number of benzene rings is 1. The Balaban J connectivity index is 1.29. The molecule has 140 valence electrons. The number of aryl methyl sites for hydroxylation is 1. The minimum Gasteiger partial charge on any atom is -0.354 e. The Bertz CT molecular complexity index is 710. The molecule has 0 unspecified atom stereocenters. The van der Waals surface area contributed by atoms with E-state index >= 15 is 0 Å². The summed E-state index contributed by atoms with van der Waals surface area (Å²) in [6.07, 6.45) is 7.15. The standard InChI is InChI=1S/C20H27N3O2S/c24-18(21-13-15-23-14-7-1-2-12-20(23)25)10-5-6-11-19-22-16-8-3-4-9-17(16)26-19/h3-4,8-9H,1-2,5-7,10-15H2,(H,21,24). The number of carbonyl (C=O) groups excluding carboxylic acids is 2. The Morgan fingerprint density at radius 1 is 1.19 bits per heavy atom. The fourth-order valence-electron chi connectivity index (χ4n) is 3.28. The largest absolute Gasteiger partial charge is 0.354 e. The molecule has 26 heavy (non-hydrogen) atoms. The summed E-state index contributed by atoms with van der Waals surface area (Å²) in [5, 5.41) is 4.09. The van der Waals surface area contributed by atoms with Crippen LogP contribution in [0.15, 0.2) is 24.3 Å². The van der Waals surface area contributed by atoms with Crippen molar-refractivity contribution in [3.8, 4) is 0 Å². The van der Waals surface area contributed by atoms with Crippen molar-refractivity contribution in [2.75, 3.05) is 19.6 Å². The average molecular weight is 374 g/mol. The molecule has 0 saturated carbocycles. The molecule has 2 amide bonds. The van der Waals surface area contributed by atoms with E-state index in [9.17, 15) is 9.59 Å². The van der Waals surface area contributed by atoms with Crippen LogP contribution in [0.1, 0.15) is 50.0 Å².